The third-order valence-electron chi connectivity index (χ3n) is 2.59. The first kappa shape index (κ1) is 9.28. The summed E-state index contributed by atoms with van der Waals surface area (Å²) in [5.41, 5.74) is 8.22. The van der Waals surface area contributed by atoms with Crippen molar-refractivity contribution in [3.8, 4) is 0 Å². The van der Waals surface area contributed by atoms with Gasteiger partial charge in [-0.2, -0.15) is 0 Å². The van der Waals surface area contributed by atoms with Crippen LogP contribution in [0, 0.1) is 0 Å². The van der Waals surface area contributed by atoms with E-state index in [2.05, 4.69) is 42.0 Å². The zero-order valence-corrected chi connectivity index (χ0v) is 8.53. The van der Waals surface area contributed by atoms with Crippen molar-refractivity contribution < 1.29 is 0 Å². The monoisotopic (exact) mass is 188 g/mol. The Labute approximate surface area is 84.3 Å². The van der Waals surface area contributed by atoms with Crippen LogP contribution < -0.4 is 5.73 Å². The van der Waals surface area contributed by atoms with E-state index < -0.39 is 0 Å². The normalized spacial score (nSPS) is 11.0. The summed E-state index contributed by atoms with van der Waals surface area (Å²) >= 11 is 0. The van der Waals surface area contributed by atoms with Crippen LogP contribution in [0.2, 0.25) is 0 Å². The van der Waals surface area contributed by atoms with E-state index in [9.17, 15) is 0 Å². The number of hydrogen-bond donors (Lipinski definition) is 1. The van der Waals surface area contributed by atoms with Crippen molar-refractivity contribution in [2.75, 3.05) is 0 Å². The standard InChI is InChI=1S/C12H16N2/c1-2-7-14-8-6-11-10(9-13)4-3-5-12(11)14/h3-6,8H,2,7,9,13H2,1H3. The molecular formula is C12H16N2. The highest BCUT2D eigenvalue weighted by Crippen LogP contribution is 2.20. The Morgan fingerprint density at radius 3 is 2.86 bits per heavy atom. The molecule has 0 bridgehead atoms. The van der Waals surface area contributed by atoms with Crippen LogP contribution in [-0.2, 0) is 13.1 Å². The summed E-state index contributed by atoms with van der Waals surface area (Å²) in [5, 5.41) is 1.29. The van der Waals surface area contributed by atoms with Crippen molar-refractivity contribution in [1.29, 1.82) is 0 Å². The lowest BCUT2D eigenvalue weighted by Gasteiger charge is -2.04. The highest BCUT2D eigenvalue weighted by molar-refractivity contribution is 5.83. The van der Waals surface area contributed by atoms with Crippen LogP contribution >= 0.6 is 0 Å². The van der Waals surface area contributed by atoms with Crippen molar-refractivity contribution in [1.82, 2.24) is 4.57 Å². The summed E-state index contributed by atoms with van der Waals surface area (Å²) in [7, 11) is 0. The molecule has 0 amide bonds. The molecule has 1 aromatic carbocycles. The molecule has 74 valence electrons. The predicted molar refractivity (Wildman–Crippen MR) is 60.1 cm³/mol. The van der Waals surface area contributed by atoms with Gasteiger partial charge in [-0.25, -0.2) is 0 Å². The quantitative estimate of drug-likeness (QED) is 0.788. The number of aryl methyl sites for hydroxylation is 1. The molecule has 2 heteroatoms. The van der Waals surface area contributed by atoms with Gasteiger partial charge in [0.1, 0.15) is 0 Å². The summed E-state index contributed by atoms with van der Waals surface area (Å²) in [5.74, 6) is 0. The van der Waals surface area contributed by atoms with Crippen molar-refractivity contribution in [3.63, 3.8) is 0 Å². The average Bonchev–Trinajstić information content (AvgIpc) is 2.62. The molecule has 1 heterocycles. The number of rotatable bonds is 3. The number of hydrogen-bond acceptors (Lipinski definition) is 1. The summed E-state index contributed by atoms with van der Waals surface area (Å²) in [6.07, 6.45) is 3.31. The van der Waals surface area contributed by atoms with Gasteiger partial charge in [0.2, 0.25) is 0 Å². The molecule has 0 aliphatic carbocycles. The molecule has 0 spiro atoms. The van der Waals surface area contributed by atoms with Crippen LogP contribution in [0.4, 0.5) is 0 Å². The van der Waals surface area contributed by atoms with Crippen LogP contribution in [0.25, 0.3) is 10.9 Å². The molecule has 2 aromatic rings. The summed E-state index contributed by atoms with van der Waals surface area (Å²) < 4.78 is 2.29. The maximum atomic E-state index is 5.69. The van der Waals surface area contributed by atoms with E-state index in [4.69, 9.17) is 5.73 Å². The first-order valence-corrected chi connectivity index (χ1v) is 5.13. The highest BCUT2D eigenvalue weighted by atomic mass is 14.9. The maximum Gasteiger partial charge on any atom is 0.0483 e. The van der Waals surface area contributed by atoms with Gasteiger partial charge in [-0.05, 0) is 24.1 Å². The smallest absolute Gasteiger partial charge is 0.0483 e. The van der Waals surface area contributed by atoms with Crippen molar-refractivity contribution in [2.24, 2.45) is 5.73 Å². The van der Waals surface area contributed by atoms with Gasteiger partial charge in [0, 0.05) is 30.2 Å². The molecule has 0 aliphatic rings. The first-order chi connectivity index (χ1) is 6.86. The Bertz CT molecular complexity index is 429. The van der Waals surface area contributed by atoms with Gasteiger partial charge in [0.25, 0.3) is 0 Å². The van der Waals surface area contributed by atoms with Crippen molar-refractivity contribution in [2.45, 2.75) is 26.4 Å². The molecule has 2 nitrogen and oxygen atoms in total. The second-order valence-electron chi connectivity index (χ2n) is 3.56. The molecule has 0 saturated carbocycles. The summed E-state index contributed by atoms with van der Waals surface area (Å²) in [6.45, 7) is 3.89. The van der Waals surface area contributed by atoms with Crippen LogP contribution in [0.1, 0.15) is 18.9 Å². The van der Waals surface area contributed by atoms with E-state index >= 15 is 0 Å². The molecule has 1 aromatic heterocycles. The lowest BCUT2D eigenvalue weighted by atomic mass is 10.1. The van der Waals surface area contributed by atoms with Gasteiger partial charge in [-0.15, -0.1) is 0 Å². The first-order valence-electron chi connectivity index (χ1n) is 5.13. The van der Waals surface area contributed by atoms with Crippen molar-refractivity contribution in [3.05, 3.63) is 36.0 Å². The Kier molecular flexibility index (Phi) is 2.55. The molecule has 0 unspecified atom stereocenters. The number of benzene rings is 1. The third kappa shape index (κ3) is 1.42. The van der Waals surface area contributed by atoms with E-state index in [1.807, 2.05) is 0 Å². The Balaban J connectivity index is 2.57. The summed E-state index contributed by atoms with van der Waals surface area (Å²) in [4.78, 5) is 0. The molecule has 0 aliphatic heterocycles. The zero-order chi connectivity index (χ0) is 9.97. The summed E-state index contributed by atoms with van der Waals surface area (Å²) in [6, 6.07) is 8.49. The lowest BCUT2D eigenvalue weighted by molar-refractivity contribution is 0.703. The molecule has 14 heavy (non-hydrogen) atoms. The van der Waals surface area contributed by atoms with E-state index in [1.165, 1.54) is 16.5 Å². The zero-order valence-electron chi connectivity index (χ0n) is 8.53. The fourth-order valence-electron chi connectivity index (χ4n) is 1.90. The predicted octanol–water partition coefficient (Wildman–Crippen LogP) is 2.51. The fraction of sp³-hybridized carbons (Fsp3) is 0.333. The second-order valence-corrected chi connectivity index (χ2v) is 3.56. The minimum Gasteiger partial charge on any atom is -0.347 e. The Morgan fingerprint density at radius 2 is 2.14 bits per heavy atom. The lowest BCUT2D eigenvalue weighted by Crippen LogP contribution is -1.98. The molecule has 2 rings (SSSR count). The minimum atomic E-state index is 0.619. The SMILES string of the molecule is CCCn1ccc2c(CN)cccc21. The Morgan fingerprint density at radius 1 is 1.29 bits per heavy atom. The maximum absolute atomic E-state index is 5.69. The fourth-order valence-corrected chi connectivity index (χ4v) is 1.90. The molecule has 0 fully saturated rings. The van der Waals surface area contributed by atoms with E-state index in [0.29, 0.717) is 6.54 Å². The molecule has 2 N–H and O–H groups in total. The third-order valence-corrected chi connectivity index (χ3v) is 2.59. The van der Waals surface area contributed by atoms with Gasteiger partial charge in [-0.1, -0.05) is 19.1 Å². The van der Waals surface area contributed by atoms with Crippen LogP contribution in [0.5, 0.6) is 0 Å². The van der Waals surface area contributed by atoms with Gasteiger partial charge >= 0.3 is 0 Å². The number of nitrogens with two attached hydrogens (primary N) is 1. The topological polar surface area (TPSA) is 30.9 Å². The minimum absolute atomic E-state index is 0.619. The molecule has 0 saturated heterocycles. The van der Waals surface area contributed by atoms with Crippen LogP contribution in [-0.4, -0.2) is 4.57 Å². The van der Waals surface area contributed by atoms with Gasteiger partial charge in [0.05, 0.1) is 0 Å². The van der Waals surface area contributed by atoms with E-state index in [-0.39, 0.29) is 0 Å². The molecule has 0 atom stereocenters. The van der Waals surface area contributed by atoms with E-state index in [1.54, 1.807) is 0 Å². The van der Waals surface area contributed by atoms with Gasteiger partial charge in [-0.3, -0.25) is 0 Å². The number of fused-ring (bicyclic) bond motifs is 1. The largest absolute Gasteiger partial charge is 0.347 e. The highest BCUT2D eigenvalue weighted by Gasteiger charge is 2.02. The number of aromatic nitrogens is 1. The van der Waals surface area contributed by atoms with E-state index in [0.717, 1.165) is 13.0 Å². The van der Waals surface area contributed by atoms with Crippen LogP contribution in [0.15, 0.2) is 30.5 Å². The van der Waals surface area contributed by atoms with Crippen LogP contribution in [0.3, 0.4) is 0 Å². The second kappa shape index (κ2) is 3.84. The van der Waals surface area contributed by atoms with Gasteiger partial charge in [0.15, 0.2) is 0 Å². The molecular weight excluding hydrogens is 172 g/mol. The van der Waals surface area contributed by atoms with Crippen molar-refractivity contribution >= 4 is 10.9 Å². The molecule has 0 radical (unpaired) electrons. The Hall–Kier alpha value is -1.28. The number of nitrogens with zero attached hydrogens (tertiary/aromatic N) is 1. The van der Waals surface area contributed by atoms with Gasteiger partial charge < -0.3 is 10.3 Å². The average molecular weight is 188 g/mol.